The maximum atomic E-state index is 12.2. The lowest BCUT2D eigenvalue weighted by Crippen LogP contribution is -2.48. The Hall–Kier alpha value is -0.870. The largest absolute Gasteiger partial charge is 0.357 e. The van der Waals surface area contributed by atoms with Gasteiger partial charge in [0.05, 0.1) is 12.3 Å². The van der Waals surface area contributed by atoms with Crippen LogP contribution in [0, 0.1) is 11.8 Å². The fraction of sp³-hybridized carbons (Fsp3) is 0.632. The topological polar surface area (TPSA) is 73.8 Å². The van der Waals surface area contributed by atoms with E-state index in [1.54, 1.807) is 0 Å². The number of rotatable bonds is 7. The number of likely N-dealkylation sites (tertiary alicyclic amines) is 1. The first-order valence-corrected chi connectivity index (χ1v) is 11.1. The monoisotopic (exact) mass is 508 g/mol. The zero-order chi connectivity index (χ0) is 19.0. The van der Waals surface area contributed by atoms with E-state index in [-0.39, 0.29) is 36.3 Å². The smallest absolute Gasteiger partial charge is 0.213 e. The second-order valence-electron chi connectivity index (χ2n) is 7.21. The summed E-state index contributed by atoms with van der Waals surface area (Å²) in [7, 11) is -3.35. The zero-order valence-corrected chi connectivity index (χ0v) is 19.7. The number of hydrogen-bond acceptors (Lipinski definition) is 3. The Bertz CT molecular complexity index is 672. The Kier molecular flexibility index (Phi) is 10.6. The molecule has 27 heavy (non-hydrogen) atoms. The van der Waals surface area contributed by atoms with Crippen LogP contribution in [0.5, 0.6) is 0 Å². The average molecular weight is 508 g/mol. The molecule has 2 N–H and O–H groups in total. The molecule has 2 atom stereocenters. The maximum absolute atomic E-state index is 12.2. The lowest BCUT2D eigenvalue weighted by molar-refractivity contribution is 0.208. The van der Waals surface area contributed by atoms with Gasteiger partial charge in [-0.25, -0.2) is 13.1 Å². The van der Waals surface area contributed by atoms with Crippen molar-refractivity contribution in [3.05, 3.63) is 35.9 Å². The van der Waals surface area contributed by atoms with E-state index in [9.17, 15) is 8.42 Å². The van der Waals surface area contributed by atoms with Crippen LogP contribution < -0.4 is 10.0 Å². The molecule has 1 saturated heterocycles. The molecular formula is C19H33IN4O2S. The molecule has 1 aliphatic heterocycles. The molecule has 1 aromatic rings. The minimum atomic E-state index is -3.35. The van der Waals surface area contributed by atoms with Crippen molar-refractivity contribution < 1.29 is 8.42 Å². The average Bonchev–Trinajstić information content (AvgIpc) is 2.59. The van der Waals surface area contributed by atoms with Gasteiger partial charge in [-0.15, -0.1) is 24.0 Å². The highest BCUT2D eigenvalue weighted by Gasteiger charge is 2.24. The molecule has 0 bridgehead atoms. The van der Waals surface area contributed by atoms with Gasteiger partial charge >= 0.3 is 0 Å². The Morgan fingerprint density at radius 3 is 2.41 bits per heavy atom. The normalized spacial score (nSPS) is 20.9. The van der Waals surface area contributed by atoms with Crippen LogP contribution in [0.25, 0.3) is 0 Å². The fourth-order valence-electron chi connectivity index (χ4n) is 3.39. The number of benzene rings is 1. The first kappa shape index (κ1) is 24.2. The van der Waals surface area contributed by atoms with Gasteiger partial charge in [-0.05, 0) is 30.7 Å². The van der Waals surface area contributed by atoms with E-state index in [2.05, 4.69) is 33.8 Å². The van der Waals surface area contributed by atoms with Gasteiger partial charge in [-0.2, -0.15) is 0 Å². The van der Waals surface area contributed by atoms with Crippen molar-refractivity contribution in [1.29, 1.82) is 0 Å². The summed E-state index contributed by atoms with van der Waals surface area (Å²) in [6, 6.07) is 9.52. The highest BCUT2D eigenvalue weighted by Crippen LogP contribution is 2.20. The summed E-state index contributed by atoms with van der Waals surface area (Å²) in [5.41, 5.74) is 0.948. The predicted molar refractivity (Wildman–Crippen MR) is 123 cm³/mol. The molecule has 0 spiro atoms. The highest BCUT2D eigenvalue weighted by molar-refractivity contribution is 14.0. The number of piperidine rings is 1. The molecule has 6 nitrogen and oxygen atoms in total. The molecular weight excluding hydrogens is 475 g/mol. The van der Waals surface area contributed by atoms with Crippen LogP contribution >= 0.6 is 24.0 Å². The first-order chi connectivity index (χ1) is 12.4. The van der Waals surface area contributed by atoms with Crippen molar-refractivity contribution in [2.75, 3.05) is 31.9 Å². The minimum absolute atomic E-state index is 0. The van der Waals surface area contributed by atoms with Crippen LogP contribution in [0.1, 0.15) is 32.8 Å². The van der Waals surface area contributed by atoms with Gasteiger partial charge in [-0.1, -0.05) is 44.2 Å². The van der Waals surface area contributed by atoms with Crippen LogP contribution in [0.3, 0.4) is 0 Å². The standard InChI is InChI=1S/C19H32N4O2S.HI/c1-4-20-19(23-14-16(2)12-17(3)15-23)21-10-11-26(24,25)22-13-18-8-6-5-7-9-18;/h5-9,16-17,22H,4,10-15H2,1-3H3,(H,20,21);1H. The van der Waals surface area contributed by atoms with Gasteiger partial charge in [0.15, 0.2) is 5.96 Å². The van der Waals surface area contributed by atoms with Crippen molar-refractivity contribution in [2.24, 2.45) is 16.8 Å². The molecule has 2 unspecified atom stereocenters. The number of hydrogen-bond donors (Lipinski definition) is 2. The second-order valence-corrected chi connectivity index (χ2v) is 9.14. The van der Waals surface area contributed by atoms with Gasteiger partial charge in [0.1, 0.15) is 0 Å². The molecule has 2 rings (SSSR count). The molecule has 8 heteroatoms. The number of nitrogens with zero attached hydrogens (tertiary/aromatic N) is 2. The van der Waals surface area contributed by atoms with Crippen molar-refractivity contribution in [2.45, 2.75) is 33.7 Å². The number of guanidine groups is 1. The summed E-state index contributed by atoms with van der Waals surface area (Å²) >= 11 is 0. The summed E-state index contributed by atoms with van der Waals surface area (Å²) < 4.78 is 27.1. The van der Waals surface area contributed by atoms with Crippen LogP contribution in [0.4, 0.5) is 0 Å². The van der Waals surface area contributed by atoms with Crippen LogP contribution in [0.15, 0.2) is 35.3 Å². The van der Waals surface area contributed by atoms with E-state index in [0.717, 1.165) is 31.2 Å². The molecule has 1 heterocycles. The summed E-state index contributed by atoms with van der Waals surface area (Å²) in [5, 5.41) is 3.30. The Labute approximate surface area is 181 Å². The molecule has 1 fully saturated rings. The third-order valence-corrected chi connectivity index (χ3v) is 5.77. The quantitative estimate of drug-likeness (QED) is 0.338. The number of aliphatic imine (C=N–C) groups is 1. The first-order valence-electron chi connectivity index (χ1n) is 9.44. The van der Waals surface area contributed by atoms with E-state index in [1.165, 1.54) is 6.42 Å². The Morgan fingerprint density at radius 2 is 1.81 bits per heavy atom. The molecule has 154 valence electrons. The summed E-state index contributed by atoms with van der Waals surface area (Å²) in [6.45, 7) is 9.82. The zero-order valence-electron chi connectivity index (χ0n) is 16.5. The lowest BCUT2D eigenvalue weighted by atomic mass is 9.92. The SMILES string of the molecule is CCNC(=NCCS(=O)(=O)NCc1ccccc1)N1CC(C)CC(C)C1.I. The summed E-state index contributed by atoms with van der Waals surface area (Å²) in [4.78, 5) is 6.81. The van der Waals surface area contributed by atoms with Crippen molar-refractivity contribution in [1.82, 2.24) is 14.9 Å². The van der Waals surface area contributed by atoms with Crippen LogP contribution in [-0.2, 0) is 16.6 Å². The van der Waals surface area contributed by atoms with Crippen molar-refractivity contribution in [3.8, 4) is 0 Å². The third kappa shape index (κ3) is 8.78. The Morgan fingerprint density at radius 1 is 1.19 bits per heavy atom. The Balaban J connectivity index is 0.00000364. The number of sulfonamides is 1. The lowest BCUT2D eigenvalue weighted by Gasteiger charge is -2.37. The van der Waals surface area contributed by atoms with Crippen LogP contribution in [-0.4, -0.2) is 51.2 Å². The van der Waals surface area contributed by atoms with Gasteiger partial charge in [0.2, 0.25) is 10.0 Å². The summed E-state index contributed by atoms with van der Waals surface area (Å²) in [5.74, 6) is 2.06. The van der Waals surface area contributed by atoms with Crippen molar-refractivity contribution >= 4 is 40.0 Å². The molecule has 1 aliphatic rings. The fourth-order valence-corrected chi connectivity index (χ4v) is 4.26. The van der Waals surface area contributed by atoms with E-state index >= 15 is 0 Å². The van der Waals surface area contributed by atoms with E-state index in [4.69, 9.17) is 0 Å². The van der Waals surface area contributed by atoms with E-state index in [0.29, 0.717) is 18.4 Å². The van der Waals surface area contributed by atoms with Gasteiger partial charge < -0.3 is 10.2 Å². The second kappa shape index (κ2) is 11.9. The number of nitrogens with one attached hydrogen (secondary N) is 2. The molecule has 0 saturated carbocycles. The molecule has 0 amide bonds. The molecule has 1 aromatic carbocycles. The highest BCUT2D eigenvalue weighted by atomic mass is 127. The summed E-state index contributed by atoms with van der Waals surface area (Å²) in [6.07, 6.45) is 1.23. The molecule has 0 aromatic heterocycles. The van der Waals surface area contributed by atoms with Crippen molar-refractivity contribution in [3.63, 3.8) is 0 Å². The number of halogens is 1. The van der Waals surface area contributed by atoms with Gasteiger partial charge in [0.25, 0.3) is 0 Å². The van der Waals surface area contributed by atoms with E-state index < -0.39 is 10.0 Å². The molecule has 0 aliphatic carbocycles. The van der Waals surface area contributed by atoms with Gasteiger partial charge in [0, 0.05) is 26.2 Å². The molecule has 0 radical (unpaired) electrons. The predicted octanol–water partition coefficient (Wildman–Crippen LogP) is 2.67. The van der Waals surface area contributed by atoms with E-state index in [1.807, 2.05) is 37.3 Å². The minimum Gasteiger partial charge on any atom is -0.357 e. The third-order valence-electron chi connectivity index (χ3n) is 4.46. The maximum Gasteiger partial charge on any atom is 0.213 e. The van der Waals surface area contributed by atoms with Crippen LogP contribution in [0.2, 0.25) is 0 Å². The van der Waals surface area contributed by atoms with Gasteiger partial charge in [-0.3, -0.25) is 4.99 Å².